The Morgan fingerprint density at radius 1 is 1.37 bits per heavy atom. The van der Waals surface area contributed by atoms with Crippen LogP contribution in [0, 0.1) is 5.82 Å². The Kier molecular flexibility index (Phi) is 4.58. The molecule has 1 aromatic carbocycles. The minimum absolute atomic E-state index is 0.0852. The van der Waals surface area contributed by atoms with E-state index in [0.29, 0.717) is 12.4 Å². The summed E-state index contributed by atoms with van der Waals surface area (Å²) in [7, 11) is 0. The fourth-order valence-corrected chi connectivity index (χ4v) is 1.73. The second-order valence-corrected chi connectivity index (χ2v) is 4.31. The molecule has 0 saturated carbocycles. The van der Waals surface area contributed by atoms with Crippen molar-refractivity contribution in [3.63, 3.8) is 0 Å². The molecular formula is C14H14ClFN2O. The van der Waals surface area contributed by atoms with Gasteiger partial charge in [0.05, 0.1) is 5.02 Å². The van der Waals surface area contributed by atoms with Gasteiger partial charge in [-0.05, 0) is 25.1 Å². The van der Waals surface area contributed by atoms with Crippen molar-refractivity contribution in [2.45, 2.75) is 13.5 Å². The van der Waals surface area contributed by atoms with Crippen LogP contribution in [0.4, 0.5) is 10.2 Å². The van der Waals surface area contributed by atoms with Crippen LogP contribution in [0.25, 0.3) is 0 Å². The lowest BCUT2D eigenvalue weighted by molar-refractivity contribution is 0.305. The molecule has 0 atom stereocenters. The first-order valence-corrected chi connectivity index (χ1v) is 6.34. The van der Waals surface area contributed by atoms with Crippen molar-refractivity contribution in [2.24, 2.45) is 0 Å². The van der Waals surface area contributed by atoms with Crippen molar-refractivity contribution < 1.29 is 9.13 Å². The van der Waals surface area contributed by atoms with Gasteiger partial charge >= 0.3 is 0 Å². The monoisotopic (exact) mass is 280 g/mol. The maximum absolute atomic E-state index is 13.3. The van der Waals surface area contributed by atoms with Gasteiger partial charge in [-0.2, -0.15) is 0 Å². The van der Waals surface area contributed by atoms with Crippen LogP contribution in [0.15, 0.2) is 36.5 Å². The van der Waals surface area contributed by atoms with E-state index in [-0.39, 0.29) is 5.02 Å². The molecule has 0 bridgehead atoms. The zero-order chi connectivity index (χ0) is 13.7. The highest BCUT2D eigenvalue weighted by Gasteiger charge is 2.05. The largest absolute Gasteiger partial charge is 0.489 e. The molecule has 0 fully saturated rings. The van der Waals surface area contributed by atoms with E-state index in [1.165, 1.54) is 12.1 Å². The molecule has 1 heterocycles. The second-order valence-electron chi connectivity index (χ2n) is 3.91. The average Bonchev–Trinajstić information content (AvgIpc) is 2.42. The van der Waals surface area contributed by atoms with Crippen LogP contribution in [0.2, 0.25) is 5.02 Å². The number of halogens is 2. The molecule has 0 amide bonds. The first-order chi connectivity index (χ1) is 9.20. The molecule has 1 N–H and O–H groups in total. The number of rotatable bonds is 5. The number of hydrogen-bond donors (Lipinski definition) is 1. The third-order valence-electron chi connectivity index (χ3n) is 2.52. The van der Waals surface area contributed by atoms with Gasteiger partial charge in [0, 0.05) is 24.4 Å². The van der Waals surface area contributed by atoms with Crippen LogP contribution in [0.3, 0.4) is 0 Å². The van der Waals surface area contributed by atoms with E-state index in [4.69, 9.17) is 16.3 Å². The maximum atomic E-state index is 13.3. The van der Waals surface area contributed by atoms with Crippen molar-refractivity contribution >= 4 is 17.4 Å². The first kappa shape index (κ1) is 13.6. The van der Waals surface area contributed by atoms with Crippen LogP contribution >= 0.6 is 11.6 Å². The van der Waals surface area contributed by atoms with E-state index < -0.39 is 5.82 Å². The van der Waals surface area contributed by atoms with Crippen molar-refractivity contribution in [3.8, 4) is 5.75 Å². The fourth-order valence-electron chi connectivity index (χ4n) is 1.61. The highest BCUT2D eigenvalue weighted by atomic mass is 35.5. The summed E-state index contributed by atoms with van der Waals surface area (Å²) in [6, 6.07) is 8.13. The molecule has 0 radical (unpaired) electrons. The van der Waals surface area contributed by atoms with Gasteiger partial charge in [0.15, 0.2) is 0 Å². The Bertz CT molecular complexity index is 563. The highest BCUT2D eigenvalue weighted by Crippen LogP contribution is 2.22. The molecule has 0 aliphatic heterocycles. The van der Waals surface area contributed by atoms with Gasteiger partial charge < -0.3 is 10.1 Å². The smallest absolute Gasteiger partial charge is 0.145 e. The van der Waals surface area contributed by atoms with Gasteiger partial charge in [0.1, 0.15) is 24.0 Å². The van der Waals surface area contributed by atoms with E-state index >= 15 is 0 Å². The third-order valence-corrected chi connectivity index (χ3v) is 2.83. The number of ether oxygens (including phenoxy) is 1. The Morgan fingerprint density at radius 2 is 2.21 bits per heavy atom. The van der Waals surface area contributed by atoms with Crippen LogP contribution in [-0.4, -0.2) is 11.5 Å². The summed E-state index contributed by atoms with van der Waals surface area (Å²) < 4.78 is 18.8. The number of nitrogens with zero attached hydrogens (tertiary/aromatic N) is 1. The number of benzene rings is 1. The molecule has 2 aromatic rings. The molecule has 0 spiro atoms. The first-order valence-electron chi connectivity index (χ1n) is 5.96. The summed E-state index contributed by atoms with van der Waals surface area (Å²) in [5, 5.41) is 3.23. The molecule has 100 valence electrons. The predicted octanol–water partition coefficient (Wildman–Crippen LogP) is 3.88. The van der Waals surface area contributed by atoms with Crippen LogP contribution in [0.5, 0.6) is 5.75 Å². The standard InChI is InChI=1S/C14H14ClFN2O/c1-2-17-14-10(4-3-7-18-14)9-19-11-5-6-12(15)13(16)8-11/h3-8H,2,9H2,1H3,(H,17,18). The minimum atomic E-state index is -0.489. The highest BCUT2D eigenvalue weighted by molar-refractivity contribution is 6.30. The molecule has 0 unspecified atom stereocenters. The molecular weight excluding hydrogens is 267 g/mol. The molecule has 19 heavy (non-hydrogen) atoms. The number of pyridine rings is 1. The Labute approximate surface area is 116 Å². The van der Waals surface area contributed by atoms with Gasteiger partial charge in [-0.25, -0.2) is 9.37 Å². The minimum Gasteiger partial charge on any atom is -0.489 e. The number of nitrogens with one attached hydrogen (secondary N) is 1. The topological polar surface area (TPSA) is 34.2 Å². The van der Waals surface area contributed by atoms with Crippen LogP contribution < -0.4 is 10.1 Å². The summed E-state index contributed by atoms with van der Waals surface area (Å²) in [4.78, 5) is 4.23. The van der Waals surface area contributed by atoms with Gasteiger partial charge in [-0.15, -0.1) is 0 Å². The summed E-state index contributed by atoms with van der Waals surface area (Å²) in [5.41, 5.74) is 0.916. The number of aromatic nitrogens is 1. The second kappa shape index (κ2) is 6.38. The Morgan fingerprint density at radius 3 is 2.95 bits per heavy atom. The third kappa shape index (κ3) is 3.58. The fraction of sp³-hybridized carbons (Fsp3) is 0.214. The molecule has 1 aromatic heterocycles. The van der Waals surface area contributed by atoms with Gasteiger partial charge in [0.25, 0.3) is 0 Å². The molecule has 2 rings (SSSR count). The summed E-state index contributed by atoms with van der Waals surface area (Å²) >= 11 is 5.61. The van der Waals surface area contributed by atoms with Gasteiger partial charge in [-0.1, -0.05) is 17.7 Å². The zero-order valence-corrected chi connectivity index (χ0v) is 11.2. The Hall–Kier alpha value is -1.81. The van der Waals surface area contributed by atoms with E-state index in [1.54, 1.807) is 12.3 Å². The lowest BCUT2D eigenvalue weighted by Crippen LogP contribution is -2.05. The van der Waals surface area contributed by atoms with E-state index in [1.807, 2.05) is 19.1 Å². The average molecular weight is 281 g/mol. The van der Waals surface area contributed by atoms with E-state index in [9.17, 15) is 4.39 Å². The SMILES string of the molecule is CCNc1ncccc1COc1ccc(Cl)c(F)c1. The zero-order valence-electron chi connectivity index (χ0n) is 10.5. The van der Waals surface area contributed by atoms with Crippen LogP contribution in [-0.2, 0) is 6.61 Å². The summed E-state index contributed by atoms with van der Waals surface area (Å²) in [6.45, 7) is 3.09. The van der Waals surface area contributed by atoms with Crippen molar-refractivity contribution in [3.05, 3.63) is 52.9 Å². The summed E-state index contributed by atoms with van der Waals surface area (Å²) in [5.74, 6) is 0.727. The Balaban J connectivity index is 2.07. The molecule has 3 nitrogen and oxygen atoms in total. The van der Waals surface area contributed by atoms with Crippen molar-refractivity contribution in [1.82, 2.24) is 4.98 Å². The normalized spacial score (nSPS) is 10.3. The molecule has 0 aliphatic carbocycles. The quantitative estimate of drug-likeness (QED) is 0.902. The van der Waals surface area contributed by atoms with E-state index in [0.717, 1.165) is 17.9 Å². The lowest BCUT2D eigenvalue weighted by atomic mass is 10.2. The molecule has 0 saturated heterocycles. The van der Waals surface area contributed by atoms with Gasteiger partial charge in [0.2, 0.25) is 0 Å². The van der Waals surface area contributed by atoms with Crippen molar-refractivity contribution in [2.75, 3.05) is 11.9 Å². The van der Waals surface area contributed by atoms with Crippen LogP contribution in [0.1, 0.15) is 12.5 Å². The number of hydrogen-bond acceptors (Lipinski definition) is 3. The number of anilines is 1. The molecule has 5 heteroatoms. The van der Waals surface area contributed by atoms with Crippen molar-refractivity contribution in [1.29, 1.82) is 0 Å². The molecule has 0 aliphatic rings. The van der Waals surface area contributed by atoms with E-state index in [2.05, 4.69) is 10.3 Å². The maximum Gasteiger partial charge on any atom is 0.145 e. The predicted molar refractivity (Wildman–Crippen MR) is 74.1 cm³/mol. The summed E-state index contributed by atoms with van der Waals surface area (Å²) in [6.07, 6.45) is 1.71. The van der Waals surface area contributed by atoms with Gasteiger partial charge in [-0.3, -0.25) is 0 Å². The lowest BCUT2D eigenvalue weighted by Gasteiger charge is -2.11.